The molecule has 0 atom stereocenters. The van der Waals surface area contributed by atoms with Crippen LogP contribution in [0.4, 0.5) is 23.2 Å². The van der Waals surface area contributed by atoms with Crippen LogP contribution in [0.3, 0.4) is 0 Å². The molecule has 0 radical (unpaired) electrons. The zero-order valence-electron chi connectivity index (χ0n) is 21.7. The van der Waals surface area contributed by atoms with Gasteiger partial charge in [0.25, 0.3) is 11.8 Å². The molecule has 0 unspecified atom stereocenters. The van der Waals surface area contributed by atoms with E-state index >= 15 is 0 Å². The lowest BCUT2D eigenvalue weighted by Crippen LogP contribution is -2.42. The molecule has 0 saturated heterocycles. The molecule has 14 heteroatoms. The molecule has 0 aliphatic rings. The molecule has 0 aliphatic heterocycles. The van der Waals surface area contributed by atoms with Gasteiger partial charge in [-0.1, -0.05) is 11.6 Å². The Kier molecular flexibility index (Phi) is 8.44. The number of nitrogens with one attached hydrogen (secondary N) is 2. The second-order valence-corrected chi connectivity index (χ2v) is 10.2. The third-order valence-electron chi connectivity index (χ3n) is 5.26. The molecule has 210 valence electrons. The van der Waals surface area contributed by atoms with Gasteiger partial charge in [0.2, 0.25) is 0 Å². The van der Waals surface area contributed by atoms with E-state index in [0.29, 0.717) is 0 Å². The minimum Gasteiger partial charge on any atom is -0.460 e. The molecule has 2 amide bonds. The van der Waals surface area contributed by atoms with Crippen LogP contribution in [-0.4, -0.2) is 46.9 Å². The molecule has 2 heterocycles. The van der Waals surface area contributed by atoms with E-state index in [9.17, 15) is 31.9 Å². The zero-order valence-corrected chi connectivity index (χ0v) is 22.4. The number of aromatic nitrogens is 2. The van der Waals surface area contributed by atoms with Gasteiger partial charge in [0.15, 0.2) is 5.65 Å². The quantitative estimate of drug-likeness (QED) is 0.255. The Morgan fingerprint density at radius 3 is 2.28 bits per heavy atom. The Morgan fingerprint density at radius 2 is 1.69 bits per heavy atom. The van der Waals surface area contributed by atoms with Gasteiger partial charge in [-0.25, -0.2) is 9.37 Å². The van der Waals surface area contributed by atoms with E-state index in [1.54, 1.807) is 20.8 Å². The lowest BCUT2D eigenvalue weighted by Gasteiger charge is -2.19. The predicted molar refractivity (Wildman–Crippen MR) is 135 cm³/mol. The van der Waals surface area contributed by atoms with Crippen LogP contribution < -0.4 is 15.8 Å². The van der Waals surface area contributed by atoms with Crippen molar-refractivity contribution in [1.29, 1.82) is 0 Å². The number of rotatable bonds is 6. The summed E-state index contributed by atoms with van der Waals surface area (Å²) in [6.45, 7) is 5.11. The van der Waals surface area contributed by atoms with E-state index < -0.39 is 40.9 Å². The summed E-state index contributed by atoms with van der Waals surface area (Å²) in [5.41, 5.74) is 2.23. The maximum absolute atomic E-state index is 14.6. The number of nitrogens with zero attached hydrogens (tertiary/aromatic N) is 3. The van der Waals surface area contributed by atoms with Crippen LogP contribution in [-0.2, 0) is 22.1 Å². The molecule has 0 fully saturated rings. The first-order valence-electron chi connectivity index (χ1n) is 11.5. The van der Waals surface area contributed by atoms with E-state index in [0.717, 1.165) is 28.9 Å². The van der Waals surface area contributed by atoms with Crippen molar-refractivity contribution in [3.63, 3.8) is 0 Å². The first kappa shape index (κ1) is 29.7. The number of hydrazine groups is 1. The molecule has 2 N–H and O–H groups in total. The second kappa shape index (κ2) is 11.1. The van der Waals surface area contributed by atoms with E-state index in [2.05, 4.69) is 15.8 Å². The van der Waals surface area contributed by atoms with Crippen LogP contribution in [0.5, 0.6) is 0 Å². The maximum atomic E-state index is 14.6. The van der Waals surface area contributed by atoms with E-state index in [1.807, 2.05) is 0 Å². The van der Waals surface area contributed by atoms with Crippen molar-refractivity contribution in [3.8, 4) is 0 Å². The van der Waals surface area contributed by atoms with Crippen LogP contribution in [0.1, 0.15) is 59.2 Å². The summed E-state index contributed by atoms with van der Waals surface area (Å²) < 4.78 is 60.7. The molecule has 3 rings (SSSR count). The molecular formula is C25H26ClF4N5O4. The molecule has 2 aromatic heterocycles. The van der Waals surface area contributed by atoms with Gasteiger partial charge < -0.3 is 14.0 Å². The number of anilines is 1. The molecule has 3 aromatic rings. The largest absolute Gasteiger partial charge is 0.460 e. The van der Waals surface area contributed by atoms with E-state index in [4.69, 9.17) is 16.3 Å². The fraction of sp³-hybridized carbons (Fsp3) is 0.360. The molecule has 0 aliphatic carbocycles. The van der Waals surface area contributed by atoms with Gasteiger partial charge in [0.05, 0.1) is 21.8 Å². The standard InChI is InChI=1S/C25H26ClF4N5O4/c1-24(2,3)39-20(36)7-6-13-8-16(26)15(10-17(13)27)22(37)32-33-23(38)18-12-35-11-14(25(28,29)30)9-19(34(4)5)21(35)31-18/h8-12H,6-7H2,1-5H3,(H,32,37)(H,33,38). The number of carbonyl (C=O) groups is 3. The number of halogens is 5. The average Bonchev–Trinajstić information content (AvgIpc) is 3.24. The number of pyridine rings is 1. The maximum Gasteiger partial charge on any atom is 0.417 e. The highest BCUT2D eigenvalue weighted by Gasteiger charge is 2.32. The second-order valence-electron chi connectivity index (χ2n) is 9.78. The first-order chi connectivity index (χ1) is 18.0. The summed E-state index contributed by atoms with van der Waals surface area (Å²) in [6, 6.07) is 2.96. The van der Waals surface area contributed by atoms with E-state index in [-0.39, 0.29) is 46.0 Å². The summed E-state index contributed by atoms with van der Waals surface area (Å²) in [5.74, 6) is -3.21. The number of aryl methyl sites for hydroxylation is 1. The van der Waals surface area contributed by atoms with Crippen LogP contribution >= 0.6 is 11.6 Å². The average molecular weight is 572 g/mol. The first-order valence-corrected chi connectivity index (χ1v) is 11.9. The van der Waals surface area contributed by atoms with Crippen molar-refractivity contribution in [2.45, 2.75) is 45.4 Å². The minimum absolute atomic E-state index is 0.0159. The monoisotopic (exact) mass is 571 g/mol. The third kappa shape index (κ3) is 7.37. The van der Waals surface area contributed by atoms with Gasteiger partial charge in [-0.3, -0.25) is 25.2 Å². The number of imidazole rings is 1. The van der Waals surface area contributed by atoms with Crippen molar-refractivity contribution in [3.05, 3.63) is 63.8 Å². The van der Waals surface area contributed by atoms with Crippen molar-refractivity contribution in [2.75, 3.05) is 19.0 Å². The van der Waals surface area contributed by atoms with Crippen molar-refractivity contribution in [2.24, 2.45) is 0 Å². The Balaban J connectivity index is 1.72. The molecule has 0 bridgehead atoms. The van der Waals surface area contributed by atoms with Crippen LogP contribution in [0.15, 0.2) is 30.6 Å². The number of hydrogen-bond acceptors (Lipinski definition) is 6. The van der Waals surface area contributed by atoms with Gasteiger partial charge >= 0.3 is 12.1 Å². The lowest BCUT2D eigenvalue weighted by atomic mass is 10.1. The fourth-order valence-electron chi connectivity index (χ4n) is 3.50. The number of carbonyl (C=O) groups excluding carboxylic acids is 3. The zero-order chi connectivity index (χ0) is 29.3. The highest BCUT2D eigenvalue weighted by molar-refractivity contribution is 6.34. The summed E-state index contributed by atoms with van der Waals surface area (Å²) in [6.07, 6.45) is -2.88. The summed E-state index contributed by atoms with van der Waals surface area (Å²) in [4.78, 5) is 42.5. The van der Waals surface area contributed by atoms with Gasteiger partial charge in [-0.15, -0.1) is 0 Å². The molecule has 9 nitrogen and oxygen atoms in total. The van der Waals surface area contributed by atoms with Crippen LogP contribution in [0.25, 0.3) is 5.65 Å². The number of esters is 1. The number of hydrogen-bond donors (Lipinski definition) is 2. The summed E-state index contributed by atoms with van der Waals surface area (Å²) in [7, 11) is 3.05. The van der Waals surface area contributed by atoms with Crippen molar-refractivity contribution >= 4 is 40.7 Å². The molecule has 0 saturated carbocycles. The topological polar surface area (TPSA) is 105 Å². The van der Waals surface area contributed by atoms with E-state index in [1.165, 1.54) is 25.1 Å². The summed E-state index contributed by atoms with van der Waals surface area (Å²) >= 11 is 6.13. The smallest absolute Gasteiger partial charge is 0.417 e. The minimum atomic E-state index is -4.63. The number of fused-ring (bicyclic) bond motifs is 1. The Morgan fingerprint density at radius 1 is 1.05 bits per heavy atom. The van der Waals surface area contributed by atoms with Gasteiger partial charge in [-0.05, 0) is 51.0 Å². The number of ether oxygens (including phenoxy) is 1. The molecule has 1 aromatic carbocycles. The number of benzene rings is 1. The third-order valence-corrected chi connectivity index (χ3v) is 5.58. The van der Waals surface area contributed by atoms with Gasteiger partial charge in [0, 0.05) is 32.9 Å². The highest BCUT2D eigenvalue weighted by Crippen LogP contribution is 2.33. The predicted octanol–water partition coefficient (Wildman–Crippen LogP) is 4.56. The van der Waals surface area contributed by atoms with Crippen molar-refractivity contribution < 1.29 is 36.7 Å². The number of alkyl halides is 3. The molecular weight excluding hydrogens is 546 g/mol. The van der Waals surface area contributed by atoms with Crippen LogP contribution in [0, 0.1) is 5.82 Å². The fourth-order valence-corrected chi connectivity index (χ4v) is 3.77. The van der Waals surface area contributed by atoms with Crippen LogP contribution in [0.2, 0.25) is 5.02 Å². The Labute approximate surface area is 226 Å². The SMILES string of the molecule is CN(C)c1cc(C(F)(F)F)cn2cc(C(=O)NNC(=O)c3cc(F)c(CCC(=O)OC(C)(C)C)cc3Cl)nc12. The Bertz CT molecular complexity index is 1430. The Hall–Kier alpha value is -3.87. The van der Waals surface area contributed by atoms with Gasteiger partial charge in [0.1, 0.15) is 17.1 Å². The van der Waals surface area contributed by atoms with Crippen molar-refractivity contribution in [1.82, 2.24) is 20.2 Å². The molecule has 39 heavy (non-hydrogen) atoms. The normalized spacial score (nSPS) is 11.8. The summed E-state index contributed by atoms with van der Waals surface area (Å²) in [5, 5.41) is -0.134. The lowest BCUT2D eigenvalue weighted by molar-refractivity contribution is -0.154. The number of amides is 2. The highest BCUT2D eigenvalue weighted by atomic mass is 35.5. The van der Waals surface area contributed by atoms with Gasteiger partial charge in [-0.2, -0.15) is 13.2 Å². The molecule has 0 spiro atoms.